The highest BCUT2D eigenvalue weighted by Gasteiger charge is 2.43. The lowest BCUT2D eigenvalue weighted by atomic mass is 10.1. The Morgan fingerprint density at radius 1 is 0.667 bits per heavy atom. The van der Waals surface area contributed by atoms with Crippen LogP contribution in [0, 0.1) is 0 Å². The second-order valence-corrected chi connectivity index (χ2v) is 5.71. The van der Waals surface area contributed by atoms with Gasteiger partial charge in [0.05, 0.1) is 6.54 Å². The van der Waals surface area contributed by atoms with Crippen LogP contribution < -0.4 is 0 Å². The second-order valence-electron chi connectivity index (χ2n) is 5.71. The summed E-state index contributed by atoms with van der Waals surface area (Å²) in [5.41, 5.74) is 1.96. The molecule has 0 atom stereocenters. The standard InChI is InChI=1S/C19H18N2O3/c22-17-18(23)21(14-16-10-5-2-6-11-16)19(24)20(17)13-7-12-15-8-3-1-4-9-15/h1-6,8-11H,7,12-14H2. The Morgan fingerprint density at radius 3 is 1.83 bits per heavy atom. The molecule has 122 valence electrons. The van der Waals surface area contributed by atoms with Crippen molar-refractivity contribution < 1.29 is 14.4 Å². The first-order chi connectivity index (χ1) is 11.7. The van der Waals surface area contributed by atoms with E-state index in [1.54, 1.807) is 0 Å². The number of hydrogen-bond donors (Lipinski definition) is 0. The van der Waals surface area contributed by atoms with Gasteiger partial charge in [0.15, 0.2) is 0 Å². The normalized spacial score (nSPS) is 14.6. The predicted molar refractivity (Wildman–Crippen MR) is 88.9 cm³/mol. The summed E-state index contributed by atoms with van der Waals surface area (Å²) in [5.74, 6) is -1.48. The lowest BCUT2D eigenvalue weighted by molar-refractivity contribution is -0.143. The van der Waals surface area contributed by atoms with Crippen molar-refractivity contribution in [1.82, 2.24) is 9.80 Å². The van der Waals surface area contributed by atoms with Crippen molar-refractivity contribution in [1.29, 1.82) is 0 Å². The molecule has 1 fully saturated rings. The molecule has 0 aromatic heterocycles. The summed E-state index contributed by atoms with van der Waals surface area (Å²) in [7, 11) is 0. The van der Waals surface area contributed by atoms with Gasteiger partial charge >= 0.3 is 17.8 Å². The van der Waals surface area contributed by atoms with E-state index >= 15 is 0 Å². The van der Waals surface area contributed by atoms with E-state index in [0.29, 0.717) is 6.42 Å². The van der Waals surface area contributed by atoms with Crippen LogP contribution in [0.5, 0.6) is 0 Å². The van der Waals surface area contributed by atoms with E-state index in [0.717, 1.165) is 27.3 Å². The van der Waals surface area contributed by atoms with E-state index in [-0.39, 0.29) is 13.1 Å². The third kappa shape index (κ3) is 3.35. The van der Waals surface area contributed by atoms with Gasteiger partial charge in [0.2, 0.25) is 0 Å². The molecule has 0 unspecified atom stereocenters. The van der Waals surface area contributed by atoms with Gasteiger partial charge in [-0.25, -0.2) is 4.79 Å². The molecule has 1 saturated heterocycles. The van der Waals surface area contributed by atoms with Crippen molar-refractivity contribution in [3.05, 3.63) is 71.8 Å². The van der Waals surface area contributed by atoms with Crippen LogP contribution in [0.1, 0.15) is 17.5 Å². The van der Waals surface area contributed by atoms with Gasteiger partial charge in [0.1, 0.15) is 0 Å². The molecule has 2 aromatic rings. The molecule has 0 saturated carbocycles. The summed E-state index contributed by atoms with van der Waals surface area (Å²) < 4.78 is 0. The number of nitrogens with zero attached hydrogens (tertiary/aromatic N) is 2. The molecule has 0 bridgehead atoms. The summed E-state index contributed by atoms with van der Waals surface area (Å²) in [5, 5.41) is 0. The fourth-order valence-electron chi connectivity index (χ4n) is 2.74. The number of urea groups is 1. The first kappa shape index (κ1) is 15.9. The highest BCUT2D eigenvalue weighted by Crippen LogP contribution is 2.17. The predicted octanol–water partition coefficient (Wildman–Crippen LogP) is 2.61. The largest absolute Gasteiger partial charge is 0.334 e. The summed E-state index contributed by atoms with van der Waals surface area (Å²) in [6.45, 7) is 0.378. The molecule has 0 aliphatic carbocycles. The first-order valence-corrected chi connectivity index (χ1v) is 7.92. The Kier molecular flexibility index (Phi) is 4.70. The van der Waals surface area contributed by atoms with E-state index in [1.807, 2.05) is 60.7 Å². The van der Waals surface area contributed by atoms with Gasteiger partial charge in [0.25, 0.3) is 0 Å². The Balaban J connectivity index is 1.61. The average Bonchev–Trinajstić information content (AvgIpc) is 2.81. The number of aryl methyl sites for hydroxylation is 1. The third-order valence-electron chi connectivity index (χ3n) is 4.01. The van der Waals surface area contributed by atoms with Crippen LogP contribution in [0.3, 0.4) is 0 Å². The van der Waals surface area contributed by atoms with Crippen LogP contribution in [0.4, 0.5) is 4.79 Å². The molecule has 0 spiro atoms. The van der Waals surface area contributed by atoms with Crippen molar-refractivity contribution in [2.45, 2.75) is 19.4 Å². The maximum Gasteiger partial charge on any atom is 0.334 e. The quantitative estimate of drug-likeness (QED) is 0.607. The van der Waals surface area contributed by atoms with Gasteiger partial charge in [-0.3, -0.25) is 19.4 Å². The number of carbonyl (C=O) groups excluding carboxylic acids is 3. The number of benzene rings is 2. The number of amides is 4. The van der Waals surface area contributed by atoms with Crippen molar-refractivity contribution in [3.63, 3.8) is 0 Å². The average molecular weight is 322 g/mol. The number of hydrogen-bond acceptors (Lipinski definition) is 3. The Morgan fingerprint density at radius 2 is 1.21 bits per heavy atom. The molecule has 0 N–H and O–H groups in total. The van der Waals surface area contributed by atoms with Gasteiger partial charge in [-0.15, -0.1) is 0 Å². The van der Waals surface area contributed by atoms with Crippen LogP contribution in [0.2, 0.25) is 0 Å². The van der Waals surface area contributed by atoms with Crippen LogP contribution in [-0.2, 0) is 22.6 Å². The molecule has 1 heterocycles. The van der Waals surface area contributed by atoms with Crippen LogP contribution >= 0.6 is 0 Å². The lowest BCUT2D eigenvalue weighted by Gasteiger charge is -2.15. The SMILES string of the molecule is O=C1C(=O)N(Cc2ccccc2)C(=O)N1CCCc1ccccc1. The topological polar surface area (TPSA) is 57.7 Å². The van der Waals surface area contributed by atoms with Crippen molar-refractivity contribution in [2.75, 3.05) is 6.54 Å². The zero-order valence-electron chi connectivity index (χ0n) is 13.2. The third-order valence-corrected chi connectivity index (χ3v) is 4.01. The van der Waals surface area contributed by atoms with E-state index in [2.05, 4.69) is 0 Å². The Bertz CT molecular complexity index is 744. The minimum atomic E-state index is -0.747. The maximum absolute atomic E-state index is 12.4. The second kappa shape index (κ2) is 7.08. The van der Waals surface area contributed by atoms with Crippen LogP contribution in [0.15, 0.2) is 60.7 Å². The highest BCUT2D eigenvalue weighted by molar-refractivity contribution is 6.44. The Labute approximate surface area is 140 Å². The van der Waals surface area contributed by atoms with E-state index in [1.165, 1.54) is 0 Å². The molecule has 5 nitrogen and oxygen atoms in total. The smallest absolute Gasteiger partial charge is 0.263 e. The zero-order chi connectivity index (χ0) is 16.9. The molecule has 3 rings (SSSR count). The van der Waals surface area contributed by atoms with Gasteiger partial charge in [-0.2, -0.15) is 0 Å². The van der Waals surface area contributed by atoms with Crippen molar-refractivity contribution in [3.8, 4) is 0 Å². The summed E-state index contributed by atoms with van der Waals surface area (Å²) in [6, 6.07) is 18.5. The van der Waals surface area contributed by atoms with Crippen LogP contribution in [-0.4, -0.2) is 34.2 Å². The van der Waals surface area contributed by atoms with Crippen molar-refractivity contribution in [2.24, 2.45) is 0 Å². The minimum Gasteiger partial charge on any atom is -0.263 e. The number of carbonyl (C=O) groups is 3. The molecule has 1 aliphatic heterocycles. The molecule has 5 heteroatoms. The van der Waals surface area contributed by atoms with Gasteiger partial charge in [0, 0.05) is 6.54 Å². The zero-order valence-corrected chi connectivity index (χ0v) is 13.2. The summed E-state index contributed by atoms with van der Waals surface area (Å²) in [4.78, 5) is 38.6. The van der Waals surface area contributed by atoms with E-state index in [9.17, 15) is 14.4 Å². The van der Waals surface area contributed by atoms with Gasteiger partial charge in [-0.1, -0.05) is 60.7 Å². The van der Waals surface area contributed by atoms with E-state index in [4.69, 9.17) is 0 Å². The molecule has 24 heavy (non-hydrogen) atoms. The number of imide groups is 2. The maximum atomic E-state index is 12.4. The lowest BCUT2D eigenvalue weighted by Crippen LogP contribution is -2.33. The molecule has 0 radical (unpaired) electrons. The minimum absolute atomic E-state index is 0.124. The van der Waals surface area contributed by atoms with Gasteiger partial charge < -0.3 is 0 Å². The fourth-order valence-corrected chi connectivity index (χ4v) is 2.74. The first-order valence-electron chi connectivity index (χ1n) is 7.92. The molecular formula is C19H18N2O3. The summed E-state index contributed by atoms with van der Waals surface area (Å²) in [6.07, 6.45) is 1.39. The molecule has 1 aliphatic rings. The van der Waals surface area contributed by atoms with Crippen LogP contribution in [0.25, 0.3) is 0 Å². The van der Waals surface area contributed by atoms with E-state index < -0.39 is 17.8 Å². The van der Waals surface area contributed by atoms with Crippen molar-refractivity contribution >= 4 is 17.8 Å². The molecule has 4 amide bonds. The Hall–Kier alpha value is -2.95. The van der Waals surface area contributed by atoms with Gasteiger partial charge in [-0.05, 0) is 24.0 Å². The monoisotopic (exact) mass is 322 g/mol. The highest BCUT2D eigenvalue weighted by atomic mass is 16.2. The fraction of sp³-hybridized carbons (Fsp3) is 0.211. The number of rotatable bonds is 6. The molecular weight excluding hydrogens is 304 g/mol. The summed E-state index contributed by atoms with van der Waals surface area (Å²) >= 11 is 0. The molecule has 2 aromatic carbocycles.